The van der Waals surface area contributed by atoms with E-state index in [2.05, 4.69) is 45.5 Å². The molecule has 16 nitrogen and oxygen atoms in total. The number of anilines is 2. The number of imidazole rings is 2. The molecule has 0 fully saturated rings. The predicted octanol–water partition coefficient (Wildman–Crippen LogP) is 15.9. The van der Waals surface area contributed by atoms with Gasteiger partial charge in [0.15, 0.2) is 0 Å². The van der Waals surface area contributed by atoms with Gasteiger partial charge < -0.3 is 38.4 Å². The Morgan fingerprint density at radius 3 is 1.29 bits per heavy atom. The third-order valence-corrected chi connectivity index (χ3v) is 14.8. The second-order valence-electron chi connectivity index (χ2n) is 19.9. The molecule has 0 bridgehead atoms. The van der Waals surface area contributed by atoms with Crippen LogP contribution in [0.3, 0.4) is 0 Å². The molecule has 0 aliphatic rings. The number of carbonyl (C=O) groups excluding carboxylic acids is 4. The summed E-state index contributed by atoms with van der Waals surface area (Å²) in [6.07, 6.45) is 24.3. The normalized spacial score (nSPS) is 11.7. The fourth-order valence-electron chi connectivity index (χ4n) is 9.54. The van der Waals surface area contributed by atoms with E-state index >= 15 is 0 Å². The van der Waals surface area contributed by atoms with Gasteiger partial charge in [-0.3, -0.25) is 0 Å². The number of carbonyl (C=O) groups is 4. The molecular weight excluding hydrogens is 1080 g/mol. The summed E-state index contributed by atoms with van der Waals surface area (Å²) in [6.45, 7) is 13.2. The number of rotatable bonds is 31. The molecule has 4 N–H and O–H groups in total. The van der Waals surface area contributed by atoms with Crippen LogP contribution in [0, 0.1) is 0 Å². The molecule has 0 radical (unpaired) electrons. The second-order valence-corrected chi connectivity index (χ2v) is 21.1. The molecule has 0 spiro atoms. The van der Waals surface area contributed by atoms with Gasteiger partial charge in [0, 0.05) is 31.7 Å². The molecule has 0 unspecified atom stereocenters. The summed E-state index contributed by atoms with van der Waals surface area (Å²) in [5, 5.41) is 15.3. The smallest absolute Gasteiger partial charge is 0.339 e. The van der Waals surface area contributed by atoms with Crippen LogP contribution in [-0.2, 0) is 36.2 Å². The number of hydrogen-bond donors (Lipinski definition) is 4. The van der Waals surface area contributed by atoms with E-state index in [-0.39, 0.29) is 0 Å². The summed E-state index contributed by atoms with van der Waals surface area (Å²) in [6, 6.07) is 21.8. The Morgan fingerprint density at radius 1 is 0.450 bits per heavy atom. The van der Waals surface area contributed by atoms with Crippen LogP contribution >= 0.6 is 34.8 Å². The summed E-state index contributed by atoms with van der Waals surface area (Å²) in [4.78, 5) is 50.5. The molecule has 2 heterocycles. The van der Waals surface area contributed by atoms with Crippen LogP contribution in [0.25, 0.3) is 22.1 Å². The molecule has 2 aromatic heterocycles. The van der Waals surface area contributed by atoms with Crippen molar-refractivity contribution in [3.05, 3.63) is 116 Å². The van der Waals surface area contributed by atoms with Crippen molar-refractivity contribution in [1.82, 2.24) is 29.1 Å². The molecule has 0 saturated heterocycles. The zero-order valence-electron chi connectivity index (χ0n) is 47.9. The number of hydrogen-bond acceptors (Lipinski definition) is 8. The van der Waals surface area contributed by atoms with Gasteiger partial charge in [-0.25, -0.2) is 30.0 Å². The van der Waals surface area contributed by atoms with E-state index in [0.717, 1.165) is 60.6 Å². The Morgan fingerprint density at radius 2 is 0.838 bits per heavy atom. The van der Waals surface area contributed by atoms with Gasteiger partial charge in [0.2, 0.25) is 11.2 Å². The molecular formula is C61H85Cl3N10O6. The predicted molar refractivity (Wildman–Crippen MR) is 325 cm³/mol. The first-order valence-electron chi connectivity index (χ1n) is 29.0. The highest BCUT2D eigenvalue weighted by Crippen LogP contribution is 2.26. The van der Waals surface area contributed by atoms with Crippen molar-refractivity contribution < 1.29 is 28.7 Å². The van der Waals surface area contributed by atoms with Gasteiger partial charge in [0.25, 0.3) is 0 Å². The minimum Gasteiger partial charge on any atom is -0.462 e. The highest BCUT2D eigenvalue weighted by molar-refractivity contribution is 6.34. The number of urea groups is 2. The highest BCUT2D eigenvalue weighted by Gasteiger charge is 2.16. The molecule has 80 heavy (non-hydrogen) atoms. The Balaban J connectivity index is 0.000000294. The van der Waals surface area contributed by atoms with E-state index in [1.165, 1.54) is 102 Å². The molecule has 6 rings (SSSR count). The van der Waals surface area contributed by atoms with E-state index in [9.17, 15) is 19.2 Å². The van der Waals surface area contributed by atoms with Gasteiger partial charge in [-0.2, -0.15) is 0 Å². The molecule has 0 atom stereocenters. The van der Waals surface area contributed by atoms with Gasteiger partial charge in [-0.15, -0.1) is 10.2 Å². The zero-order valence-corrected chi connectivity index (χ0v) is 50.2. The maximum absolute atomic E-state index is 12.7. The van der Waals surface area contributed by atoms with E-state index < -0.39 is 24.0 Å². The Labute approximate surface area is 487 Å². The van der Waals surface area contributed by atoms with Crippen molar-refractivity contribution in [1.29, 1.82) is 0 Å². The Bertz CT molecular complexity index is 3070. The van der Waals surface area contributed by atoms with Gasteiger partial charge in [-0.05, 0) is 100 Å². The Kier molecular flexibility index (Phi) is 28.7. The lowest BCUT2D eigenvalue weighted by Gasteiger charge is -2.10. The highest BCUT2D eigenvalue weighted by atomic mass is 35.5. The number of nitrogens with zero attached hydrogens (tertiary/aromatic N) is 6. The SMILES string of the molecule is CCCCCCCCCCCCOC(=O)c1ccc(Cl)c(NC(=O)N/N=c2/n(C)c3ccccc3n2CC)c1.CCCCCCCCCCCCOC(=O)c1ccc(Cl)c(NC(=O)N/N=c2/n(CC)c3ccc(Cl)cc3n2CC)c1. The van der Waals surface area contributed by atoms with Crippen molar-refractivity contribution in [3.63, 3.8) is 0 Å². The summed E-state index contributed by atoms with van der Waals surface area (Å²) in [7, 11) is 1.90. The molecule has 0 aliphatic carbocycles. The number of unbranched alkanes of at least 4 members (excludes halogenated alkanes) is 18. The number of aromatic nitrogens is 4. The zero-order chi connectivity index (χ0) is 57.7. The third-order valence-electron chi connectivity index (χ3n) is 13.9. The standard InChI is InChI=1S/C31H43Cl2N5O3.C30H42ClN5O3/c1-4-7-8-9-10-11-12-13-14-15-20-41-29(39)23-16-18-25(33)26(21-23)34-30(40)35-36-31-37(5-2)27-19-17-24(32)22-28(27)38(31)6-3;1-4-6-7-8-9-10-11-12-13-16-21-39-28(37)23-19-20-24(31)25(22-23)32-29(38)33-34-30-35(3)26-17-14-15-18-27(26)36(30)5-2/h16-19,21-22H,4-15,20H2,1-3H3,(H2,34,35,40);14-15,17-20,22H,4-13,16,21H2,1-3H3,(H2,32,33,38)/b36-31-;34-30-. The minimum atomic E-state index is -0.587. The van der Waals surface area contributed by atoms with Crippen molar-refractivity contribution >= 4 is 92.2 Å². The molecule has 0 aliphatic heterocycles. The van der Waals surface area contributed by atoms with E-state index in [4.69, 9.17) is 44.3 Å². The van der Waals surface area contributed by atoms with Crippen molar-refractivity contribution in [2.75, 3.05) is 23.8 Å². The topological polar surface area (TPSA) is 179 Å². The molecule has 6 aromatic rings. The first kappa shape index (κ1) is 64.6. The number of ether oxygens (including phenoxy) is 2. The number of benzene rings is 4. The average Bonchev–Trinajstić information content (AvgIpc) is 4.07. The number of halogens is 3. The first-order valence-corrected chi connectivity index (χ1v) is 30.2. The van der Waals surface area contributed by atoms with Gasteiger partial charge >= 0.3 is 24.0 Å². The van der Waals surface area contributed by atoms with E-state index in [1.54, 1.807) is 24.3 Å². The fourth-order valence-corrected chi connectivity index (χ4v) is 10.0. The number of esters is 2. The van der Waals surface area contributed by atoms with Crippen LogP contribution in [0.4, 0.5) is 21.0 Å². The minimum absolute atomic E-state index is 0.291. The molecule has 0 saturated carbocycles. The lowest BCUT2D eigenvalue weighted by molar-refractivity contribution is 0.0488. The summed E-state index contributed by atoms with van der Waals surface area (Å²) < 4.78 is 18.8. The maximum Gasteiger partial charge on any atom is 0.339 e. The fraction of sp³-hybridized carbons (Fsp3) is 0.508. The van der Waals surface area contributed by atoms with Crippen LogP contribution in [0.2, 0.25) is 15.1 Å². The maximum atomic E-state index is 12.7. The van der Waals surface area contributed by atoms with Crippen molar-refractivity contribution in [2.24, 2.45) is 17.3 Å². The quantitative estimate of drug-likeness (QED) is 0.0191. The molecule has 436 valence electrons. The largest absolute Gasteiger partial charge is 0.462 e. The van der Waals surface area contributed by atoms with Crippen LogP contribution < -0.4 is 32.7 Å². The van der Waals surface area contributed by atoms with Gasteiger partial charge in [0.05, 0.1) is 67.8 Å². The molecule has 4 amide bonds. The number of fused-ring (bicyclic) bond motifs is 2. The number of aryl methyl sites for hydroxylation is 4. The number of nitrogens with one attached hydrogen (secondary N) is 4. The Hall–Kier alpha value is -6.23. The van der Waals surface area contributed by atoms with Crippen LogP contribution in [0.15, 0.2) is 89.1 Å². The third kappa shape index (κ3) is 20.1. The van der Waals surface area contributed by atoms with E-state index in [1.807, 2.05) is 88.6 Å². The molecule has 19 heteroatoms. The molecule has 4 aromatic carbocycles. The monoisotopic (exact) mass is 1160 g/mol. The van der Waals surface area contributed by atoms with Gasteiger partial charge in [0.1, 0.15) is 0 Å². The average molecular weight is 1160 g/mol. The van der Waals surface area contributed by atoms with Crippen LogP contribution in [0.5, 0.6) is 0 Å². The summed E-state index contributed by atoms with van der Waals surface area (Å²) in [5.41, 5.74) is 11.4. The van der Waals surface area contributed by atoms with Crippen LogP contribution in [0.1, 0.15) is 184 Å². The van der Waals surface area contributed by atoms with Crippen molar-refractivity contribution in [3.8, 4) is 0 Å². The van der Waals surface area contributed by atoms with Gasteiger partial charge in [-0.1, -0.05) is 176 Å². The lowest BCUT2D eigenvalue weighted by atomic mass is 10.1. The van der Waals surface area contributed by atoms with Crippen LogP contribution in [-0.4, -0.2) is 55.5 Å². The number of amides is 4. The lowest BCUT2D eigenvalue weighted by Crippen LogP contribution is -2.32. The van der Waals surface area contributed by atoms with E-state index in [0.29, 0.717) is 81.7 Å². The summed E-state index contributed by atoms with van der Waals surface area (Å²) >= 11 is 18.8. The number of para-hydroxylation sites is 2. The second kappa shape index (κ2) is 35.5. The first-order chi connectivity index (χ1) is 38.8. The van der Waals surface area contributed by atoms with Crippen molar-refractivity contribution in [2.45, 2.75) is 183 Å². The summed E-state index contributed by atoms with van der Waals surface area (Å²) in [5.74, 6) is -0.879.